The van der Waals surface area contributed by atoms with Crippen molar-refractivity contribution in [1.82, 2.24) is 0 Å². The molecule has 0 radical (unpaired) electrons. The Morgan fingerprint density at radius 1 is 0.684 bits per heavy atom. The zero-order valence-corrected chi connectivity index (χ0v) is 27.1. The number of benzene rings is 4. The average Bonchev–Trinajstić information content (AvgIpc) is 3.48. The van der Waals surface area contributed by atoms with E-state index in [0.717, 1.165) is 11.1 Å². The first-order valence-electron chi connectivity index (χ1n) is 12.6. The third-order valence-corrected chi connectivity index (χ3v) is 10.7. The molecule has 0 fully saturated rings. The second kappa shape index (κ2) is 13.3. The molecule has 0 saturated carbocycles. The molecule has 38 heavy (non-hydrogen) atoms. The van der Waals surface area contributed by atoms with Gasteiger partial charge in [0.05, 0.1) is 5.75 Å². The number of fused-ring (bicyclic) bond motifs is 6. The van der Waals surface area contributed by atoms with Crippen molar-refractivity contribution >= 4 is 72.1 Å². The topological polar surface area (TPSA) is 18.5 Å². The van der Waals surface area contributed by atoms with Crippen LogP contribution in [0.1, 0.15) is 6.92 Å². The van der Waals surface area contributed by atoms with Crippen LogP contribution in [0.25, 0.3) is 43.1 Å². The molecule has 0 unspecified atom stereocenters. The van der Waals surface area contributed by atoms with E-state index in [1.54, 1.807) is 0 Å². The average molecular weight is 639 g/mol. The van der Waals surface area contributed by atoms with Gasteiger partial charge in [0, 0.05) is 0 Å². The first-order valence-corrected chi connectivity index (χ1v) is 23.8. The molecule has 6 aromatic rings. The minimum Gasteiger partial charge on any atom is -0.504 e. The molecule has 6 heteroatoms. The van der Waals surface area contributed by atoms with Crippen LogP contribution < -0.4 is 4.74 Å². The van der Waals surface area contributed by atoms with E-state index in [0.29, 0.717) is 6.79 Å². The van der Waals surface area contributed by atoms with Gasteiger partial charge in [0.2, 0.25) is 0 Å². The van der Waals surface area contributed by atoms with Crippen LogP contribution in [0.2, 0.25) is 19.6 Å². The largest absolute Gasteiger partial charge is 0.504 e. The van der Waals surface area contributed by atoms with Crippen LogP contribution in [0.5, 0.6) is 5.75 Å². The van der Waals surface area contributed by atoms with Crippen LogP contribution in [0.15, 0.2) is 103 Å². The summed E-state index contributed by atoms with van der Waals surface area (Å²) in [6.07, 6.45) is 0. The fourth-order valence-electron chi connectivity index (χ4n) is 4.25. The minimum atomic E-state index is -1.76. The van der Waals surface area contributed by atoms with E-state index in [9.17, 15) is 0 Å². The smallest absolute Gasteiger partial charge is 0.188 e. The maximum absolute atomic E-state index is 5.84. The van der Waals surface area contributed by atoms with Gasteiger partial charge in [-0.1, -0.05) is 78.2 Å². The number of ether oxygens (including phenoxy) is 1. The molecule has 0 amide bonds. The van der Waals surface area contributed by atoms with Crippen molar-refractivity contribution in [3.05, 3.63) is 103 Å². The van der Waals surface area contributed by atoms with Crippen molar-refractivity contribution in [3.8, 4) is 5.75 Å². The van der Waals surface area contributed by atoms with Gasteiger partial charge in [0.1, 0.15) is 0 Å². The number of hydrogen-bond donors (Lipinski definition) is 0. The Hall–Kier alpha value is -2.07. The Balaban J connectivity index is 0.000000159. The van der Waals surface area contributed by atoms with E-state index in [-0.39, 0.29) is 0 Å². The molecule has 0 aromatic heterocycles. The summed E-state index contributed by atoms with van der Waals surface area (Å²) in [4.78, 5) is 0. The summed E-state index contributed by atoms with van der Waals surface area (Å²) in [5, 5.41) is 10.3. The summed E-state index contributed by atoms with van der Waals surface area (Å²) in [6, 6.07) is 36.1. The molecule has 0 heterocycles. The zero-order valence-electron chi connectivity index (χ0n) is 22.2. The summed E-state index contributed by atoms with van der Waals surface area (Å²) >= 11 is -1.76. The molecule has 0 bridgehead atoms. The first kappa shape index (κ1) is 28.9. The summed E-state index contributed by atoms with van der Waals surface area (Å²) in [7, 11) is 9.20. The van der Waals surface area contributed by atoms with Crippen molar-refractivity contribution in [2.24, 2.45) is 0 Å². The van der Waals surface area contributed by atoms with Gasteiger partial charge in [-0.2, -0.15) is 0 Å². The van der Waals surface area contributed by atoms with E-state index >= 15 is 0 Å². The van der Waals surface area contributed by atoms with Crippen molar-refractivity contribution in [2.75, 3.05) is 6.79 Å². The predicted octanol–water partition coefficient (Wildman–Crippen LogP) is 10.3. The Morgan fingerprint density at radius 2 is 1.13 bits per heavy atom. The van der Waals surface area contributed by atoms with Crippen LogP contribution in [0, 0.1) is 0 Å². The fraction of sp³-hybridized carbons (Fsp3) is 0.156. The van der Waals surface area contributed by atoms with E-state index < -0.39 is 27.2 Å². The van der Waals surface area contributed by atoms with Crippen LogP contribution in [0.3, 0.4) is 0 Å². The van der Waals surface area contributed by atoms with Crippen LogP contribution in [-0.4, -0.2) is 18.8 Å². The molecule has 0 aliphatic carbocycles. The first-order chi connectivity index (χ1) is 18.3. The van der Waals surface area contributed by atoms with E-state index in [1.807, 2.05) is 22.8 Å². The van der Waals surface area contributed by atoms with Gasteiger partial charge in [-0.05, 0) is 19.6 Å². The second-order valence-electron chi connectivity index (χ2n) is 9.87. The molecule has 2 nitrogen and oxygen atoms in total. The number of halogens is 2. The van der Waals surface area contributed by atoms with Gasteiger partial charge in [0.15, 0.2) is 15.1 Å². The molecular weight excluding hydrogens is 607 g/mol. The number of rotatable bonds is 4. The summed E-state index contributed by atoms with van der Waals surface area (Å²) < 4.78 is 13.5. The normalized spacial score (nSPS) is 11.1. The van der Waals surface area contributed by atoms with E-state index in [4.69, 9.17) is 26.2 Å². The maximum Gasteiger partial charge on any atom is 0.188 e. The maximum atomic E-state index is 5.84. The minimum absolute atomic E-state index is 0.330. The molecular formula is C32H32Cl2O2SiZr-2. The number of hydrogen-bond acceptors (Lipinski definition) is 2. The molecule has 196 valence electrons. The van der Waals surface area contributed by atoms with Crippen molar-refractivity contribution in [3.63, 3.8) is 0 Å². The molecule has 0 N–H and O–H groups in total. The molecule has 0 atom stereocenters. The summed E-state index contributed by atoms with van der Waals surface area (Å²) in [5.41, 5.74) is 0. The molecule has 0 spiro atoms. The predicted molar refractivity (Wildman–Crippen MR) is 167 cm³/mol. The second-order valence-corrected chi connectivity index (χ2v) is 23.2. The van der Waals surface area contributed by atoms with Gasteiger partial charge in [-0.3, -0.25) is 0 Å². The Kier molecular flexibility index (Phi) is 10.1. The standard InChI is InChI=1S/C17H19O2Si.C13H9.C2H4.2ClH.Zr/c1-20(2,3)19-12-18-17-10-6-9-15-14-8-5-4-7-13(14)11-16(15)17;1-3-7-12-10(5-1)9-11-6-2-4-8-13(11)12;1-2;;;/h4-11H,12H2,1-3H3;1-9H;1H,2H3;2*1H;/q2*-1;;;;+2/p-2. The Labute approximate surface area is 240 Å². The quantitative estimate of drug-likeness (QED) is 0.109. The summed E-state index contributed by atoms with van der Waals surface area (Å²) in [6.45, 7) is 8.71. The third-order valence-electron chi connectivity index (χ3n) is 6.06. The van der Waals surface area contributed by atoms with Crippen LogP contribution in [-0.2, 0) is 23.3 Å². The van der Waals surface area contributed by atoms with Crippen LogP contribution in [0.4, 0.5) is 0 Å². The molecule has 0 aliphatic rings. The van der Waals surface area contributed by atoms with Gasteiger partial charge < -0.3 is 9.16 Å². The van der Waals surface area contributed by atoms with E-state index in [2.05, 4.69) is 111 Å². The zero-order chi connectivity index (χ0) is 27.1. The van der Waals surface area contributed by atoms with Gasteiger partial charge in [-0.15, -0.1) is 68.0 Å². The SMILES string of the molecule is C[CH]=[Zr]([Cl])[Cl].C[Si](C)(C)OCOc1cccc2c1[cH-]c1ccccc12.c1ccc2c(c1)[cH-]c1ccccc12. The van der Waals surface area contributed by atoms with Crippen LogP contribution >= 0.6 is 17.0 Å². The van der Waals surface area contributed by atoms with E-state index in [1.165, 1.54) is 37.7 Å². The molecule has 0 aliphatic heterocycles. The Bertz CT molecular complexity index is 1620. The summed E-state index contributed by atoms with van der Waals surface area (Å²) in [5.74, 6) is 0.900. The van der Waals surface area contributed by atoms with Crippen molar-refractivity contribution in [1.29, 1.82) is 0 Å². The van der Waals surface area contributed by atoms with Crippen molar-refractivity contribution in [2.45, 2.75) is 26.6 Å². The Morgan fingerprint density at radius 3 is 1.63 bits per heavy atom. The monoisotopic (exact) mass is 636 g/mol. The molecule has 0 saturated heterocycles. The third kappa shape index (κ3) is 7.52. The molecule has 6 rings (SSSR count). The fourth-order valence-corrected chi connectivity index (χ4v) is 4.66. The van der Waals surface area contributed by atoms with Gasteiger partial charge in [0.25, 0.3) is 0 Å². The van der Waals surface area contributed by atoms with Gasteiger partial charge >= 0.3 is 46.5 Å². The van der Waals surface area contributed by atoms with Crippen molar-refractivity contribution < 1.29 is 28.0 Å². The molecule has 6 aromatic carbocycles. The van der Waals surface area contributed by atoms with Gasteiger partial charge in [-0.25, -0.2) is 0 Å².